The van der Waals surface area contributed by atoms with E-state index in [-0.39, 0.29) is 24.3 Å². The van der Waals surface area contributed by atoms with Crippen LogP contribution in [0.25, 0.3) is 5.69 Å². The van der Waals surface area contributed by atoms with Crippen molar-refractivity contribution in [1.82, 2.24) is 25.4 Å². The van der Waals surface area contributed by atoms with Gasteiger partial charge in [-0.25, -0.2) is 9.67 Å². The predicted octanol–water partition coefficient (Wildman–Crippen LogP) is 2.00. The molecule has 0 radical (unpaired) electrons. The summed E-state index contributed by atoms with van der Waals surface area (Å²) in [6.07, 6.45) is 3.37. The van der Waals surface area contributed by atoms with E-state index in [1.54, 1.807) is 11.0 Å². The lowest BCUT2D eigenvalue weighted by Gasteiger charge is -2.18. The second kappa shape index (κ2) is 7.92. The van der Waals surface area contributed by atoms with E-state index in [0.717, 1.165) is 11.3 Å². The highest BCUT2D eigenvalue weighted by Gasteiger charge is 2.20. The third-order valence-corrected chi connectivity index (χ3v) is 3.77. The molecule has 7 heteroatoms. The van der Waals surface area contributed by atoms with Crippen molar-refractivity contribution in [3.05, 3.63) is 42.5 Å². The Labute approximate surface area is 147 Å². The second-order valence-electron chi connectivity index (χ2n) is 6.98. The van der Waals surface area contributed by atoms with E-state index in [2.05, 4.69) is 20.7 Å². The van der Waals surface area contributed by atoms with Gasteiger partial charge in [0.1, 0.15) is 12.7 Å². The lowest BCUT2D eigenvalue weighted by Crippen LogP contribution is -2.37. The molecule has 0 bridgehead atoms. The number of carbonyl (C=O) groups excluding carboxylic acids is 2. The highest BCUT2D eigenvalue weighted by Crippen LogP contribution is 2.15. The van der Waals surface area contributed by atoms with Crippen molar-refractivity contribution in [3.63, 3.8) is 0 Å². The van der Waals surface area contributed by atoms with Gasteiger partial charge in [0, 0.05) is 18.4 Å². The number of nitrogens with zero attached hydrogens (tertiary/aromatic N) is 3. The fourth-order valence-corrected chi connectivity index (χ4v) is 2.21. The Bertz CT molecular complexity index is 702. The first kappa shape index (κ1) is 18.6. The summed E-state index contributed by atoms with van der Waals surface area (Å²) in [6.45, 7) is 7.78. The number of amides is 2. The standard InChI is InChI=1S/C18H25N5O2/c1-13(22-16(24)9-10-20-17(25)18(2,3)4)14-5-7-15(8-6-14)23-12-19-11-21-23/h5-8,11-13H,9-10H2,1-4H3,(H,20,25)(H,22,24). The third kappa shape index (κ3) is 5.41. The molecule has 2 aromatic rings. The fourth-order valence-electron chi connectivity index (χ4n) is 2.21. The largest absolute Gasteiger partial charge is 0.355 e. The summed E-state index contributed by atoms with van der Waals surface area (Å²) in [5.74, 6) is -0.154. The molecule has 0 fully saturated rings. The number of rotatable bonds is 6. The summed E-state index contributed by atoms with van der Waals surface area (Å²) in [4.78, 5) is 27.7. The first-order valence-corrected chi connectivity index (χ1v) is 8.30. The van der Waals surface area contributed by atoms with Crippen molar-refractivity contribution in [2.24, 2.45) is 5.41 Å². The van der Waals surface area contributed by atoms with Gasteiger partial charge in [0.15, 0.2) is 0 Å². The minimum atomic E-state index is -0.449. The van der Waals surface area contributed by atoms with Crippen molar-refractivity contribution in [1.29, 1.82) is 0 Å². The molecule has 1 unspecified atom stereocenters. The zero-order chi connectivity index (χ0) is 18.4. The van der Waals surface area contributed by atoms with Crippen LogP contribution in [0.5, 0.6) is 0 Å². The molecule has 0 spiro atoms. The van der Waals surface area contributed by atoms with E-state index in [9.17, 15) is 9.59 Å². The molecule has 0 saturated carbocycles. The molecule has 7 nitrogen and oxygen atoms in total. The highest BCUT2D eigenvalue weighted by molar-refractivity contribution is 5.82. The van der Waals surface area contributed by atoms with Gasteiger partial charge in [-0.3, -0.25) is 9.59 Å². The molecule has 1 atom stereocenters. The summed E-state index contributed by atoms with van der Waals surface area (Å²) < 4.78 is 1.67. The molecule has 0 aliphatic carbocycles. The van der Waals surface area contributed by atoms with E-state index in [1.807, 2.05) is 52.0 Å². The van der Waals surface area contributed by atoms with E-state index >= 15 is 0 Å². The minimum absolute atomic E-state index is 0.0583. The van der Waals surface area contributed by atoms with Crippen LogP contribution in [0.1, 0.15) is 45.7 Å². The summed E-state index contributed by atoms with van der Waals surface area (Å²) in [5, 5.41) is 9.79. The van der Waals surface area contributed by atoms with E-state index < -0.39 is 5.41 Å². The van der Waals surface area contributed by atoms with Crippen LogP contribution in [0.3, 0.4) is 0 Å². The van der Waals surface area contributed by atoms with E-state index in [0.29, 0.717) is 6.54 Å². The topological polar surface area (TPSA) is 88.9 Å². The Morgan fingerprint density at radius 2 is 1.88 bits per heavy atom. The maximum absolute atomic E-state index is 12.0. The van der Waals surface area contributed by atoms with E-state index in [4.69, 9.17) is 0 Å². The number of hydrogen-bond donors (Lipinski definition) is 2. The number of hydrogen-bond acceptors (Lipinski definition) is 4. The summed E-state index contributed by atoms with van der Waals surface area (Å²) in [7, 11) is 0. The lowest BCUT2D eigenvalue weighted by molar-refractivity contribution is -0.128. The Morgan fingerprint density at radius 1 is 1.20 bits per heavy atom. The Hall–Kier alpha value is -2.70. The molecule has 1 heterocycles. The van der Waals surface area contributed by atoms with Crippen molar-refractivity contribution in [2.75, 3.05) is 6.54 Å². The van der Waals surface area contributed by atoms with Gasteiger partial charge in [-0.05, 0) is 24.6 Å². The first-order valence-electron chi connectivity index (χ1n) is 8.30. The molecular weight excluding hydrogens is 318 g/mol. The van der Waals surface area contributed by atoms with Gasteiger partial charge in [-0.15, -0.1) is 0 Å². The van der Waals surface area contributed by atoms with Crippen LogP contribution in [0.4, 0.5) is 0 Å². The van der Waals surface area contributed by atoms with Gasteiger partial charge in [0.2, 0.25) is 11.8 Å². The molecule has 134 valence electrons. The molecule has 1 aromatic heterocycles. The Balaban J connectivity index is 1.82. The number of nitrogens with one attached hydrogen (secondary N) is 2. The number of aromatic nitrogens is 3. The monoisotopic (exact) mass is 343 g/mol. The summed E-state index contributed by atoms with van der Waals surface area (Å²) >= 11 is 0. The molecule has 2 rings (SSSR count). The number of benzene rings is 1. The Morgan fingerprint density at radius 3 is 2.44 bits per heavy atom. The molecule has 0 aliphatic heterocycles. The van der Waals surface area contributed by atoms with Crippen molar-refractivity contribution in [3.8, 4) is 5.69 Å². The van der Waals surface area contributed by atoms with Crippen LogP contribution in [0, 0.1) is 5.41 Å². The van der Waals surface area contributed by atoms with Crippen molar-refractivity contribution < 1.29 is 9.59 Å². The SMILES string of the molecule is CC(NC(=O)CCNC(=O)C(C)(C)C)c1ccc(-n2cncn2)cc1. The molecule has 2 N–H and O–H groups in total. The number of carbonyl (C=O) groups is 2. The molecule has 0 aliphatic rings. The molecule has 0 saturated heterocycles. The molecular formula is C18H25N5O2. The zero-order valence-corrected chi connectivity index (χ0v) is 15.1. The van der Waals surface area contributed by atoms with Crippen LogP contribution in [0.2, 0.25) is 0 Å². The zero-order valence-electron chi connectivity index (χ0n) is 15.1. The first-order chi connectivity index (χ1) is 11.8. The average molecular weight is 343 g/mol. The van der Waals surface area contributed by atoms with Crippen LogP contribution in [0.15, 0.2) is 36.9 Å². The van der Waals surface area contributed by atoms with Gasteiger partial charge in [0.25, 0.3) is 0 Å². The van der Waals surface area contributed by atoms with Gasteiger partial charge in [-0.2, -0.15) is 5.10 Å². The minimum Gasteiger partial charge on any atom is -0.355 e. The summed E-state index contributed by atoms with van der Waals surface area (Å²) in [6, 6.07) is 7.63. The molecule has 1 aromatic carbocycles. The normalized spacial score (nSPS) is 12.5. The maximum atomic E-state index is 12.0. The predicted molar refractivity (Wildman–Crippen MR) is 95.0 cm³/mol. The van der Waals surface area contributed by atoms with Crippen LogP contribution in [-0.2, 0) is 9.59 Å². The van der Waals surface area contributed by atoms with Gasteiger partial charge in [0.05, 0.1) is 11.7 Å². The van der Waals surface area contributed by atoms with Crippen LogP contribution < -0.4 is 10.6 Å². The summed E-state index contributed by atoms with van der Waals surface area (Å²) in [5.41, 5.74) is 1.45. The molecule has 2 amide bonds. The molecule has 25 heavy (non-hydrogen) atoms. The van der Waals surface area contributed by atoms with Crippen LogP contribution in [-0.4, -0.2) is 33.1 Å². The smallest absolute Gasteiger partial charge is 0.225 e. The van der Waals surface area contributed by atoms with Gasteiger partial charge in [-0.1, -0.05) is 32.9 Å². The second-order valence-corrected chi connectivity index (χ2v) is 6.98. The highest BCUT2D eigenvalue weighted by atomic mass is 16.2. The van der Waals surface area contributed by atoms with Crippen LogP contribution >= 0.6 is 0 Å². The van der Waals surface area contributed by atoms with Gasteiger partial charge >= 0.3 is 0 Å². The van der Waals surface area contributed by atoms with E-state index in [1.165, 1.54) is 6.33 Å². The quantitative estimate of drug-likeness (QED) is 0.839. The van der Waals surface area contributed by atoms with Gasteiger partial charge < -0.3 is 10.6 Å². The van der Waals surface area contributed by atoms with Crippen molar-refractivity contribution >= 4 is 11.8 Å². The Kier molecular flexibility index (Phi) is 5.90. The third-order valence-electron chi connectivity index (χ3n) is 3.77. The maximum Gasteiger partial charge on any atom is 0.225 e. The fraction of sp³-hybridized carbons (Fsp3) is 0.444. The lowest BCUT2D eigenvalue weighted by atomic mass is 9.96. The van der Waals surface area contributed by atoms with Crippen molar-refractivity contribution in [2.45, 2.75) is 40.2 Å². The average Bonchev–Trinajstić information content (AvgIpc) is 3.08.